The topological polar surface area (TPSA) is 101 Å². The zero-order valence-electron chi connectivity index (χ0n) is 7.01. The van der Waals surface area contributed by atoms with Crippen molar-refractivity contribution in [3.63, 3.8) is 0 Å². The number of oxime groups is 1. The third-order valence-electron chi connectivity index (χ3n) is 1.19. The number of nitrogen functional groups attached to an aromatic ring is 1. The molecule has 14 heavy (non-hydrogen) atoms. The summed E-state index contributed by atoms with van der Waals surface area (Å²) < 4.78 is 0. The Morgan fingerprint density at radius 1 is 1.93 bits per heavy atom. The average molecular weight is 210 g/mol. The molecule has 6 nitrogen and oxygen atoms in total. The van der Waals surface area contributed by atoms with E-state index < -0.39 is 0 Å². The Morgan fingerprint density at radius 2 is 2.71 bits per heavy atom. The van der Waals surface area contributed by atoms with E-state index in [-0.39, 0.29) is 12.3 Å². The van der Waals surface area contributed by atoms with Crippen LogP contribution in [0, 0.1) is 11.3 Å². The van der Waals surface area contributed by atoms with Gasteiger partial charge in [-0.15, -0.1) is 11.3 Å². The van der Waals surface area contributed by atoms with Gasteiger partial charge in [0.15, 0.2) is 17.1 Å². The second-order valence-corrected chi connectivity index (χ2v) is 2.99. The van der Waals surface area contributed by atoms with E-state index in [9.17, 15) is 4.79 Å². The van der Waals surface area contributed by atoms with Gasteiger partial charge in [0.2, 0.25) is 6.61 Å². The second kappa shape index (κ2) is 4.94. The van der Waals surface area contributed by atoms with Crippen molar-refractivity contribution < 1.29 is 9.63 Å². The van der Waals surface area contributed by atoms with Gasteiger partial charge in [0.05, 0.1) is 0 Å². The predicted molar refractivity (Wildman–Crippen MR) is 50.7 cm³/mol. The van der Waals surface area contributed by atoms with Crippen LogP contribution in [0.4, 0.5) is 5.13 Å². The fourth-order valence-electron chi connectivity index (χ4n) is 0.665. The Balaban J connectivity index is 2.77. The highest BCUT2D eigenvalue weighted by Crippen LogP contribution is 2.11. The van der Waals surface area contributed by atoms with Gasteiger partial charge in [0.1, 0.15) is 11.8 Å². The number of aromatic nitrogens is 1. The number of thiazole rings is 1. The second-order valence-electron chi connectivity index (χ2n) is 2.10. The molecule has 72 valence electrons. The molecule has 0 aliphatic heterocycles. The normalized spacial score (nSPS) is 10.6. The highest BCUT2D eigenvalue weighted by Gasteiger charge is 2.06. The Bertz CT molecular complexity index is 393. The maximum atomic E-state index is 10.5. The van der Waals surface area contributed by atoms with Gasteiger partial charge in [0.25, 0.3) is 0 Å². The molecule has 0 saturated carbocycles. The Hall–Kier alpha value is -1.94. The maximum absolute atomic E-state index is 10.5. The minimum atomic E-state index is -0.211. The molecule has 0 radical (unpaired) electrons. The lowest BCUT2D eigenvalue weighted by Gasteiger charge is -1.92. The molecule has 0 aliphatic carbocycles. The molecule has 0 saturated heterocycles. The largest absolute Gasteiger partial charge is 0.380 e. The number of hydrogen-bond donors (Lipinski definition) is 1. The molecule has 1 aromatic heterocycles. The van der Waals surface area contributed by atoms with E-state index in [0.717, 1.165) is 0 Å². The maximum Gasteiger partial charge on any atom is 0.202 e. The predicted octanol–water partition coefficient (Wildman–Crippen LogP) is 0.168. The molecule has 7 heteroatoms. The van der Waals surface area contributed by atoms with E-state index in [1.807, 2.05) is 0 Å². The standard InChI is InChI=1S/C7H6N4O2S/c8-1-2-13-11-5(3-12)6-4-14-7(9)10-6/h3-4H,2H2,(H2,9,10). The van der Waals surface area contributed by atoms with Crippen LogP contribution in [0.5, 0.6) is 0 Å². The number of anilines is 1. The molecule has 0 bridgehead atoms. The Morgan fingerprint density at radius 3 is 3.21 bits per heavy atom. The van der Waals surface area contributed by atoms with Crippen LogP contribution in [0.1, 0.15) is 5.69 Å². The van der Waals surface area contributed by atoms with Crippen LogP contribution >= 0.6 is 11.3 Å². The fourth-order valence-corrected chi connectivity index (χ4v) is 1.22. The van der Waals surface area contributed by atoms with E-state index in [2.05, 4.69) is 15.0 Å². The van der Waals surface area contributed by atoms with Crippen LogP contribution in [-0.2, 0) is 9.63 Å². The first-order valence-corrected chi connectivity index (χ1v) is 4.39. The van der Waals surface area contributed by atoms with Gasteiger partial charge in [-0.1, -0.05) is 5.16 Å². The van der Waals surface area contributed by atoms with Gasteiger partial charge in [0, 0.05) is 5.38 Å². The van der Waals surface area contributed by atoms with Crippen LogP contribution < -0.4 is 5.73 Å². The summed E-state index contributed by atoms with van der Waals surface area (Å²) in [5, 5.41) is 13.5. The zero-order chi connectivity index (χ0) is 10.4. The van der Waals surface area contributed by atoms with E-state index in [0.29, 0.717) is 17.1 Å². The fraction of sp³-hybridized carbons (Fsp3) is 0.143. The summed E-state index contributed by atoms with van der Waals surface area (Å²) in [5.74, 6) is 0. The molecular weight excluding hydrogens is 204 g/mol. The van der Waals surface area contributed by atoms with Gasteiger partial charge in [-0.2, -0.15) is 5.26 Å². The molecule has 0 spiro atoms. The van der Waals surface area contributed by atoms with Gasteiger partial charge >= 0.3 is 0 Å². The van der Waals surface area contributed by atoms with E-state index >= 15 is 0 Å². The average Bonchev–Trinajstić information content (AvgIpc) is 2.60. The van der Waals surface area contributed by atoms with E-state index in [4.69, 9.17) is 11.0 Å². The first kappa shape index (κ1) is 10.1. The third-order valence-corrected chi connectivity index (χ3v) is 1.86. The van der Waals surface area contributed by atoms with Gasteiger partial charge in [-0.25, -0.2) is 4.98 Å². The first-order chi connectivity index (χ1) is 6.77. The molecule has 1 heterocycles. The molecule has 0 aliphatic rings. The molecule has 1 aromatic rings. The van der Waals surface area contributed by atoms with Gasteiger partial charge in [-0.3, -0.25) is 4.79 Å². The highest BCUT2D eigenvalue weighted by molar-refractivity contribution is 7.13. The minimum Gasteiger partial charge on any atom is -0.380 e. The Labute approximate surface area is 83.6 Å². The van der Waals surface area contributed by atoms with Crippen molar-refractivity contribution in [2.24, 2.45) is 5.16 Å². The van der Waals surface area contributed by atoms with E-state index in [1.165, 1.54) is 11.3 Å². The van der Waals surface area contributed by atoms with Crippen molar-refractivity contribution in [1.82, 2.24) is 4.98 Å². The number of carbonyl (C=O) groups excluding carboxylic acids is 1. The number of carbonyl (C=O) groups is 1. The number of nitrogens with two attached hydrogens (primary N) is 1. The van der Waals surface area contributed by atoms with Crippen molar-refractivity contribution in [3.8, 4) is 6.07 Å². The number of aldehydes is 1. The molecule has 0 unspecified atom stereocenters. The summed E-state index contributed by atoms with van der Waals surface area (Å²) in [5.41, 5.74) is 5.74. The molecule has 0 atom stereocenters. The van der Waals surface area contributed by atoms with Gasteiger partial charge < -0.3 is 10.6 Å². The lowest BCUT2D eigenvalue weighted by Crippen LogP contribution is -2.04. The molecule has 2 N–H and O–H groups in total. The smallest absolute Gasteiger partial charge is 0.202 e. The number of nitrogens with zero attached hydrogens (tertiary/aromatic N) is 3. The summed E-state index contributed by atoms with van der Waals surface area (Å²) in [6.07, 6.45) is 0.492. The van der Waals surface area contributed by atoms with Crippen molar-refractivity contribution >= 4 is 28.5 Å². The summed E-state index contributed by atoms with van der Waals surface area (Å²) in [6, 6.07) is 1.72. The Kier molecular flexibility index (Phi) is 3.58. The molecule has 0 aromatic carbocycles. The van der Waals surface area contributed by atoms with Crippen LogP contribution in [0.15, 0.2) is 10.5 Å². The number of nitriles is 1. The zero-order valence-corrected chi connectivity index (χ0v) is 7.82. The van der Waals surface area contributed by atoms with Crippen LogP contribution in [0.25, 0.3) is 0 Å². The lowest BCUT2D eigenvalue weighted by atomic mass is 10.3. The first-order valence-electron chi connectivity index (χ1n) is 3.51. The van der Waals surface area contributed by atoms with Gasteiger partial charge in [-0.05, 0) is 0 Å². The number of rotatable bonds is 4. The summed E-state index contributed by atoms with van der Waals surface area (Å²) in [7, 11) is 0. The summed E-state index contributed by atoms with van der Waals surface area (Å²) in [6.45, 7) is -0.211. The van der Waals surface area contributed by atoms with Crippen LogP contribution in [0.3, 0.4) is 0 Å². The highest BCUT2D eigenvalue weighted by atomic mass is 32.1. The minimum absolute atomic E-state index is 0.0215. The molecule has 0 fully saturated rings. The quantitative estimate of drug-likeness (QED) is 0.330. The monoisotopic (exact) mass is 210 g/mol. The lowest BCUT2D eigenvalue weighted by molar-refractivity contribution is -0.102. The van der Waals surface area contributed by atoms with E-state index in [1.54, 1.807) is 11.4 Å². The van der Waals surface area contributed by atoms with Crippen molar-refractivity contribution in [1.29, 1.82) is 5.26 Å². The van der Waals surface area contributed by atoms with Crippen molar-refractivity contribution in [3.05, 3.63) is 11.1 Å². The SMILES string of the molecule is N#CCON=C(C=O)c1csc(N)n1. The number of hydrogen-bond acceptors (Lipinski definition) is 7. The van der Waals surface area contributed by atoms with Crippen molar-refractivity contribution in [2.75, 3.05) is 12.3 Å². The van der Waals surface area contributed by atoms with Crippen LogP contribution in [0.2, 0.25) is 0 Å². The third kappa shape index (κ3) is 2.53. The van der Waals surface area contributed by atoms with Crippen LogP contribution in [-0.4, -0.2) is 23.6 Å². The molecular formula is C7H6N4O2S. The van der Waals surface area contributed by atoms with Crippen molar-refractivity contribution in [2.45, 2.75) is 0 Å². The molecule has 1 rings (SSSR count). The summed E-state index contributed by atoms with van der Waals surface area (Å²) in [4.78, 5) is 18.9. The summed E-state index contributed by atoms with van der Waals surface area (Å²) >= 11 is 1.19. The molecule has 0 amide bonds.